The van der Waals surface area contributed by atoms with Gasteiger partial charge >= 0.3 is 0 Å². The Morgan fingerprint density at radius 2 is 2.18 bits per heavy atom. The second-order valence-electron chi connectivity index (χ2n) is 4.45. The minimum Gasteiger partial charge on any atom is -0.310 e. The normalized spacial score (nSPS) is 26.5. The van der Waals surface area contributed by atoms with Crippen LogP contribution in [0.5, 0.6) is 0 Å². The van der Waals surface area contributed by atoms with E-state index in [9.17, 15) is 8.42 Å². The number of benzene rings is 1. The van der Waals surface area contributed by atoms with Gasteiger partial charge < -0.3 is 5.32 Å². The third-order valence-corrected chi connectivity index (χ3v) is 6.08. The summed E-state index contributed by atoms with van der Waals surface area (Å²) in [5.74, 6) is 0.307. The summed E-state index contributed by atoms with van der Waals surface area (Å²) < 4.78 is 25.1. The molecule has 0 radical (unpaired) electrons. The smallest absolute Gasteiger partial charge is 0.180 e. The fourth-order valence-electron chi connectivity index (χ4n) is 2.46. The standard InChI is InChI=1S/C12H16BrNO2S/c1-3-14-11-8(2)7-17(15,16)12-9(11)5-4-6-10(12)13/h4-6,8,11,14H,3,7H2,1-2H3. The van der Waals surface area contributed by atoms with Crippen molar-refractivity contribution in [3.8, 4) is 0 Å². The van der Waals surface area contributed by atoms with Crippen molar-refractivity contribution in [1.82, 2.24) is 5.32 Å². The van der Waals surface area contributed by atoms with E-state index in [1.807, 2.05) is 26.0 Å². The second kappa shape index (κ2) is 4.71. The van der Waals surface area contributed by atoms with Crippen LogP contribution in [0, 0.1) is 5.92 Å². The molecule has 0 bridgehead atoms. The minimum atomic E-state index is -3.16. The van der Waals surface area contributed by atoms with Gasteiger partial charge in [-0.05, 0) is 40.0 Å². The summed E-state index contributed by atoms with van der Waals surface area (Å²) in [4.78, 5) is 0.462. The van der Waals surface area contributed by atoms with Crippen LogP contribution >= 0.6 is 15.9 Å². The van der Waals surface area contributed by atoms with E-state index < -0.39 is 9.84 Å². The van der Waals surface area contributed by atoms with Crippen LogP contribution in [0.25, 0.3) is 0 Å². The van der Waals surface area contributed by atoms with Crippen molar-refractivity contribution in [2.24, 2.45) is 5.92 Å². The summed E-state index contributed by atoms with van der Waals surface area (Å²) >= 11 is 3.35. The van der Waals surface area contributed by atoms with Crippen molar-refractivity contribution in [2.75, 3.05) is 12.3 Å². The lowest BCUT2D eigenvalue weighted by Gasteiger charge is -2.32. The Labute approximate surface area is 111 Å². The Balaban J connectivity index is 2.63. The number of nitrogens with one attached hydrogen (secondary N) is 1. The number of rotatable bonds is 2. The van der Waals surface area contributed by atoms with Gasteiger partial charge in [-0.3, -0.25) is 0 Å². The fraction of sp³-hybridized carbons (Fsp3) is 0.500. The van der Waals surface area contributed by atoms with Crippen molar-refractivity contribution in [3.63, 3.8) is 0 Å². The molecule has 1 aromatic carbocycles. The number of fused-ring (bicyclic) bond motifs is 1. The first-order chi connectivity index (χ1) is 7.97. The van der Waals surface area contributed by atoms with Crippen LogP contribution in [-0.4, -0.2) is 20.7 Å². The number of hydrogen-bond acceptors (Lipinski definition) is 3. The maximum absolute atomic E-state index is 12.2. The van der Waals surface area contributed by atoms with Crippen molar-refractivity contribution in [2.45, 2.75) is 24.8 Å². The average molecular weight is 318 g/mol. The van der Waals surface area contributed by atoms with Crippen molar-refractivity contribution >= 4 is 25.8 Å². The number of hydrogen-bond donors (Lipinski definition) is 1. The Kier molecular flexibility index (Phi) is 3.61. The van der Waals surface area contributed by atoms with E-state index in [4.69, 9.17) is 0 Å². The molecule has 0 fully saturated rings. The SMILES string of the molecule is CCNC1c2cccc(Br)c2S(=O)(=O)CC1C. The van der Waals surface area contributed by atoms with Gasteiger partial charge in [0, 0.05) is 10.5 Å². The molecule has 94 valence electrons. The molecule has 17 heavy (non-hydrogen) atoms. The van der Waals surface area contributed by atoms with E-state index in [-0.39, 0.29) is 17.7 Å². The van der Waals surface area contributed by atoms with E-state index in [2.05, 4.69) is 21.2 Å². The quantitative estimate of drug-likeness (QED) is 0.911. The zero-order valence-corrected chi connectivity index (χ0v) is 12.3. The van der Waals surface area contributed by atoms with Gasteiger partial charge in [-0.25, -0.2) is 8.42 Å². The lowest BCUT2D eigenvalue weighted by Crippen LogP contribution is -2.36. The van der Waals surface area contributed by atoms with Gasteiger partial charge in [0.05, 0.1) is 10.6 Å². The van der Waals surface area contributed by atoms with Crippen LogP contribution in [0.15, 0.2) is 27.6 Å². The van der Waals surface area contributed by atoms with E-state index in [1.54, 1.807) is 6.07 Å². The molecule has 0 aromatic heterocycles. The Morgan fingerprint density at radius 1 is 1.47 bits per heavy atom. The maximum Gasteiger partial charge on any atom is 0.180 e. The van der Waals surface area contributed by atoms with Crippen LogP contribution in [0.1, 0.15) is 25.5 Å². The highest BCUT2D eigenvalue weighted by Crippen LogP contribution is 2.39. The average Bonchev–Trinajstić information content (AvgIpc) is 2.22. The van der Waals surface area contributed by atoms with Gasteiger partial charge in [0.1, 0.15) is 0 Å². The molecule has 2 unspecified atom stereocenters. The molecule has 1 heterocycles. The summed E-state index contributed by atoms with van der Waals surface area (Å²) in [6, 6.07) is 5.70. The largest absolute Gasteiger partial charge is 0.310 e. The highest BCUT2D eigenvalue weighted by molar-refractivity contribution is 9.10. The van der Waals surface area contributed by atoms with E-state index in [1.165, 1.54) is 0 Å². The van der Waals surface area contributed by atoms with Gasteiger partial charge in [-0.2, -0.15) is 0 Å². The lowest BCUT2D eigenvalue weighted by atomic mass is 9.95. The number of halogens is 1. The Bertz CT molecular complexity index is 527. The van der Waals surface area contributed by atoms with Crippen LogP contribution in [0.3, 0.4) is 0 Å². The van der Waals surface area contributed by atoms with Gasteiger partial charge in [0.15, 0.2) is 9.84 Å². The maximum atomic E-state index is 12.2. The first-order valence-corrected chi connectivity index (χ1v) is 8.16. The highest BCUT2D eigenvalue weighted by Gasteiger charge is 2.36. The first-order valence-electron chi connectivity index (χ1n) is 5.72. The van der Waals surface area contributed by atoms with E-state index >= 15 is 0 Å². The molecule has 0 saturated heterocycles. The molecule has 0 amide bonds. The molecule has 5 heteroatoms. The molecule has 1 aliphatic heterocycles. The lowest BCUT2D eigenvalue weighted by molar-refractivity contribution is 0.403. The topological polar surface area (TPSA) is 46.2 Å². The molecule has 2 rings (SSSR count). The Hall–Kier alpha value is -0.390. The second-order valence-corrected chi connectivity index (χ2v) is 7.28. The predicted molar refractivity (Wildman–Crippen MR) is 71.8 cm³/mol. The molecule has 3 nitrogen and oxygen atoms in total. The van der Waals surface area contributed by atoms with Crippen LogP contribution in [0.2, 0.25) is 0 Å². The summed E-state index contributed by atoms with van der Waals surface area (Å²) in [7, 11) is -3.16. The van der Waals surface area contributed by atoms with Crippen molar-refractivity contribution in [3.05, 3.63) is 28.2 Å². The van der Waals surface area contributed by atoms with E-state index in [0.717, 1.165) is 12.1 Å². The van der Waals surface area contributed by atoms with Crippen molar-refractivity contribution < 1.29 is 8.42 Å². The molecule has 0 saturated carbocycles. The third-order valence-electron chi connectivity index (χ3n) is 3.12. The fourth-order valence-corrected chi connectivity index (χ4v) is 5.55. The van der Waals surface area contributed by atoms with Gasteiger partial charge in [0.25, 0.3) is 0 Å². The monoisotopic (exact) mass is 317 g/mol. The minimum absolute atomic E-state index is 0.0988. The number of sulfone groups is 1. The molecule has 0 spiro atoms. The van der Waals surface area contributed by atoms with Gasteiger partial charge in [0.2, 0.25) is 0 Å². The molecule has 1 aliphatic rings. The summed E-state index contributed by atoms with van der Waals surface area (Å²) in [5, 5.41) is 3.37. The zero-order chi connectivity index (χ0) is 12.6. The molecule has 1 aromatic rings. The third kappa shape index (κ3) is 2.28. The van der Waals surface area contributed by atoms with Gasteiger partial charge in [-0.15, -0.1) is 0 Å². The summed E-state index contributed by atoms with van der Waals surface area (Å²) in [6.45, 7) is 4.85. The predicted octanol–water partition coefficient (Wildman–Crippen LogP) is 2.52. The molecule has 1 N–H and O–H groups in total. The molecular weight excluding hydrogens is 302 g/mol. The first kappa shape index (κ1) is 13.1. The summed E-state index contributed by atoms with van der Waals surface area (Å²) in [5.41, 5.74) is 0.889. The highest BCUT2D eigenvalue weighted by atomic mass is 79.9. The van der Waals surface area contributed by atoms with Crippen LogP contribution < -0.4 is 5.32 Å². The van der Waals surface area contributed by atoms with E-state index in [0.29, 0.717) is 9.37 Å². The molecule has 2 atom stereocenters. The zero-order valence-electron chi connectivity index (χ0n) is 9.90. The summed E-state index contributed by atoms with van der Waals surface area (Å²) in [6.07, 6.45) is 0. The van der Waals surface area contributed by atoms with Crippen LogP contribution in [-0.2, 0) is 9.84 Å². The molecule has 0 aliphatic carbocycles. The van der Waals surface area contributed by atoms with Crippen LogP contribution in [0.4, 0.5) is 0 Å². The Morgan fingerprint density at radius 3 is 2.82 bits per heavy atom. The van der Waals surface area contributed by atoms with Gasteiger partial charge in [-0.1, -0.05) is 26.0 Å². The van der Waals surface area contributed by atoms with Crippen molar-refractivity contribution in [1.29, 1.82) is 0 Å². The molecular formula is C12H16BrNO2S.